The third-order valence-corrected chi connectivity index (χ3v) is 2.72. The van der Waals surface area contributed by atoms with E-state index in [1.54, 1.807) is 33.3 Å². The van der Waals surface area contributed by atoms with Gasteiger partial charge in [0.2, 0.25) is 5.91 Å². The molecule has 5 heteroatoms. The number of methoxy groups -OCH3 is 2. The van der Waals surface area contributed by atoms with Gasteiger partial charge in [0.25, 0.3) is 0 Å². The molecule has 0 heterocycles. The number of rotatable bonds is 6. The van der Waals surface area contributed by atoms with Crippen LogP contribution in [-0.2, 0) is 4.79 Å². The SMILES string of the molecule is COc1ccc(/C=C(\C)C(=O)NCCCl)cc1OC. The molecule has 0 radical (unpaired) electrons. The van der Waals surface area contributed by atoms with Crippen LogP contribution in [0.5, 0.6) is 11.5 Å². The van der Waals surface area contributed by atoms with Gasteiger partial charge in [-0.05, 0) is 30.7 Å². The quantitative estimate of drug-likeness (QED) is 0.644. The van der Waals surface area contributed by atoms with Gasteiger partial charge in [-0.1, -0.05) is 6.07 Å². The molecule has 0 aliphatic carbocycles. The van der Waals surface area contributed by atoms with Crippen molar-refractivity contribution in [2.75, 3.05) is 26.6 Å². The van der Waals surface area contributed by atoms with Crippen LogP contribution in [0.15, 0.2) is 23.8 Å². The second-order valence-corrected chi connectivity index (χ2v) is 4.26. The Hall–Kier alpha value is -1.68. The number of amides is 1. The fourth-order valence-corrected chi connectivity index (χ4v) is 1.65. The molecule has 19 heavy (non-hydrogen) atoms. The Kier molecular flexibility index (Phi) is 6.22. The summed E-state index contributed by atoms with van der Waals surface area (Å²) in [7, 11) is 3.16. The molecule has 0 aliphatic heterocycles. The minimum Gasteiger partial charge on any atom is -0.493 e. The highest BCUT2D eigenvalue weighted by molar-refractivity contribution is 6.18. The average molecular weight is 284 g/mol. The lowest BCUT2D eigenvalue weighted by Gasteiger charge is -2.08. The highest BCUT2D eigenvalue weighted by atomic mass is 35.5. The summed E-state index contributed by atoms with van der Waals surface area (Å²) in [6.07, 6.45) is 1.78. The summed E-state index contributed by atoms with van der Waals surface area (Å²) >= 11 is 5.52. The first-order valence-corrected chi connectivity index (χ1v) is 6.40. The molecule has 0 saturated carbocycles. The van der Waals surface area contributed by atoms with Crippen molar-refractivity contribution in [3.63, 3.8) is 0 Å². The Morgan fingerprint density at radius 2 is 2.00 bits per heavy atom. The summed E-state index contributed by atoms with van der Waals surface area (Å²) in [5, 5.41) is 2.71. The van der Waals surface area contributed by atoms with Gasteiger partial charge in [-0.15, -0.1) is 11.6 Å². The van der Waals surface area contributed by atoms with Gasteiger partial charge in [0.05, 0.1) is 14.2 Å². The maximum Gasteiger partial charge on any atom is 0.246 e. The molecule has 0 atom stereocenters. The summed E-state index contributed by atoms with van der Waals surface area (Å²) in [6, 6.07) is 5.48. The second-order valence-electron chi connectivity index (χ2n) is 3.89. The molecule has 4 nitrogen and oxygen atoms in total. The van der Waals surface area contributed by atoms with E-state index in [0.717, 1.165) is 5.56 Å². The van der Waals surface area contributed by atoms with E-state index < -0.39 is 0 Å². The van der Waals surface area contributed by atoms with Crippen molar-refractivity contribution >= 4 is 23.6 Å². The molecule has 0 aromatic heterocycles. The average Bonchev–Trinajstić information content (AvgIpc) is 2.44. The number of halogens is 1. The lowest BCUT2D eigenvalue weighted by atomic mass is 10.1. The molecule has 0 aliphatic rings. The number of carbonyl (C=O) groups excluding carboxylic acids is 1. The van der Waals surface area contributed by atoms with Crippen molar-refractivity contribution < 1.29 is 14.3 Å². The predicted molar refractivity (Wildman–Crippen MR) is 76.9 cm³/mol. The standard InChI is InChI=1S/C14H18ClNO3/c1-10(14(17)16-7-6-15)8-11-4-5-12(18-2)13(9-11)19-3/h4-5,8-9H,6-7H2,1-3H3,(H,16,17)/b10-8+. The van der Waals surface area contributed by atoms with Gasteiger partial charge in [-0.25, -0.2) is 0 Å². The zero-order valence-corrected chi connectivity index (χ0v) is 12.1. The predicted octanol–water partition coefficient (Wildman–Crippen LogP) is 2.46. The Bertz CT molecular complexity index is 472. The van der Waals surface area contributed by atoms with Crippen LogP contribution in [0.3, 0.4) is 0 Å². The Labute approximate surface area is 118 Å². The third-order valence-electron chi connectivity index (χ3n) is 2.53. The van der Waals surface area contributed by atoms with Crippen LogP contribution in [0.4, 0.5) is 0 Å². The van der Waals surface area contributed by atoms with E-state index in [-0.39, 0.29) is 5.91 Å². The number of carbonyl (C=O) groups is 1. The lowest BCUT2D eigenvalue weighted by molar-refractivity contribution is -0.117. The second kappa shape index (κ2) is 7.69. The van der Waals surface area contributed by atoms with Gasteiger partial charge in [-0.2, -0.15) is 0 Å². The monoisotopic (exact) mass is 283 g/mol. The zero-order valence-electron chi connectivity index (χ0n) is 11.3. The van der Waals surface area contributed by atoms with E-state index in [2.05, 4.69) is 5.32 Å². The van der Waals surface area contributed by atoms with E-state index >= 15 is 0 Å². The van der Waals surface area contributed by atoms with Gasteiger partial charge in [-0.3, -0.25) is 4.79 Å². The number of benzene rings is 1. The van der Waals surface area contributed by atoms with Crippen molar-refractivity contribution in [1.82, 2.24) is 5.32 Å². The molecule has 1 aromatic rings. The normalized spacial score (nSPS) is 11.1. The third kappa shape index (κ3) is 4.48. The van der Waals surface area contributed by atoms with Crippen molar-refractivity contribution in [2.24, 2.45) is 0 Å². The van der Waals surface area contributed by atoms with E-state index in [1.807, 2.05) is 12.1 Å². The van der Waals surface area contributed by atoms with E-state index in [0.29, 0.717) is 29.5 Å². The van der Waals surface area contributed by atoms with Crippen LogP contribution >= 0.6 is 11.6 Å². The van der Waals surface area contributed by atoms with E-state index in [9.17, 15) is 4.79 Å². The van der Waals surface area contributed by atoms with Crippen LogP contribution in [0.2, 0.25) is 0 Å². The molecule has 0 fully saturated rings. The molecule has 0 bridgehead atoms. The maximum absolute atomic E-state index is 11.7. The molecule has 1 aromatic carbocycles. The van der Waals surface area contributed by atoms with Crippen LogP contribution < -0.4 is 14.8 Å². The largest absolute Gasteiger partial charge is 0.493 e. The number of hydrogen-bond acceptors (Lipinski definition) is 3. The van der Waals surface area contributed by atoms with E-state index in [1.165, 1.54) is 0 Å². The molecular weight excluding hydrogens is 266 g/mol. The first-order chi connectivity index (χ1) is 9.12. The molecular formula is C14H18ClNO3. The number of ether oxygens (including phenoxy) is 2. The number of alkyl halides is 1. The highest BCUT2D eigenvalue weighted by Crippen LogP contribution is 2.28. The minimum absolute atomic E-state index is 0.129. The molecule has 1 rings (SSSR count). The first kappa shape index (κ1) is 15.4. The summed E-state index contributed by atoms with van der Waals surface area (Å²) in [4.78, 5) is 11.7. The van der Waals surface area contributed by atoms with Crippen molar-refractivity contribution in [1.29, 1.82) is 0 Å². The Morgan fingerprint density at radius 3 is 2.58 bits per heavy atom. The summed E-state index contributed by atoms with van der Waals surface area (Å²) in [5.74, 6) is 1.56. The van der Waals surface area contributed by atoms with Crippen LogP contribution in [0, 0.1) is 0 Å². The number of nitrogens with one attached hydrogen (secondary N) is 1. The van der Waals surface area contributed by atoms with Crippen LogP contribution in [0.25, 0.3) is 6.08 Å². The lowest BCUT2D eigenvalue weighted by Crippen LogP contribution is -2.25. The van der Waals surface area contributed by atoms with Gasteiger partial charge in [0, 0.05) is 18.0 Å². The molecule has 0 unspecified atom stereocenters. The molecule has 1 N–H and O–H groups in total. The van der Waals surface area contributed by atoms with Crippen LogP contribution in [0.1, 0.15) is 12.5 Å². The van der Waals surface area contributed by atoms with Gasteiger partial charge in [0.15, 0.2) is 11.5 Å². The zero-order chi connectivity index (χ0) is 14.3. The summed E-state index contributed by atoms with van der Waals surface area (Å²) < 4.78 is 10.4. The maximum atomic E-state index is 11.7. The Balaban J connectivity index is 2.88. The van der Waals surface area contributed by atoms with Crippen molar-refractivity contribution in [2.45, 2.75) is 6.92 Å². The van der Waals surface area contributed by atoms with Gasteiger partial charge >= 0.3 is 0 Å². The molecule has 1 amide bonds. The summed E-state index contributed by atoms with van der Waals surface area (Å²) in [6.45, 7) is 2.21. The first-order valence-electron chi connectivity index (χ1n) is 5.87. The highest BCUT2D eigenvalue weighted by Gasteiger charge is 2.06. The van der Waals surface area contributed by atoms with Gasteiger partial charge in [0.1, 0.15) is 0 Å². The van der Waals surface area contributed by atoms with Gasteiger partial charge < -0.3 is 14.8 Å². The summed E-state index contributed by atoms with van der Waals surface area (Å²) in [5.41, 5.74) is 1.48. The van der Waals surface area contributed by atoms with Crippen molar-refractivity contribution in [3.8, 4) is 11.5 Å². The smallest absolute Gasteiger partial charge is 0.246 e. The van der Waals surface area contributed by atoms with E-state index in [4.69, 9.17) is 21.1 Å². The fraction of sp³-hybridized carbons (Fsp3) is 0.357. The topological polar surface area (TPSA) is 47.6 Å². The minimum atomic E-state index is -0.129. The Morgan fingerprint density at radius 1 is 1.32 bits per heavy atom. The molecule has 104 valence electrons. The molecule has 0 saturated heterocycles. The number of hydrogen-bond donors (Lipinski definition) is 1. The fourth-order valence-electron chi connectivity index (χ4n) is 1.56. The molecule has 0 spiro atoms. The van der Waals surface area contributed by atoms with Crippen LogP contribution in [-0.4, -0.2) is 32.6 Å². The van der Waals surface area contributed by atoms with Crippen molar-refractivity contribution in [3.05, 3.63) is 29.3 Å².